The Bertz CT molecular complexity index is 993. The van der Waals surface area contributed by atoms with Crippen LogP contribution in [0, 0.1) is 0 Å². The largest absolute Gasteiger partial charge is 0.506 e. The molecule has 0 radical (unpaired) electrons. The summed E-state index contributed by atoms with van der Waals surface area (Å²) in [5.74, 6) is -0.0565. The van der Waals surface area contributed by atoms with Crippen molar-refractivity contribution in [1.29, 1.82) is 0 Å². The fraction of sp³-hybridized carbons (Fsp3) is 0. The number of nitrogens with one attached hydrogen (secondary N) is 1. The van der Waals surface area contributed by atoms with Gasteiger partial charge in [0.15, 0.2) is 0 Å². The van der Waals surface area contributed by atoms with Crippen molar-refractivity contribution in [2.75, 3.05) is 11.1 Å². The van der Waals surface area contributed by atoms with E-state index in [9.17, 15) is 9.90 Å². The highest BCUT2D eigenvalue weighted by molar-refractivity contribution is 6.35. The smallest absolute Gasteiger partial charge is 0.256 e. The van der Waals surface area contributed by atoms with Crippen molar-refractivity contribution in [3.63, 3.8) is 0 Å². The van der Waals surface area contributed by atoms with Crippen LogP contribution in [-0.2, 0) is 4.79 Å². The molecule has 23 heavy (non-hydrogen) atoms. The summed E-state index contributed by atoms with van der Waals surface area (Å²) in [7, 11) is 0. The Hall–Kier alpha value is -3.34. The molecule has 0 spiro atoms. The number of nitrogens with two attached hydrogens (primary N) is 1. The average Bonchev–Trinajstić information content (AvgIpc) is 2.84. The minimum atomic E-state index is -0.171. The van der Waals surface area contributed by atoms with E-state index in [2.05, 4.69) is 10.3 Å². The number of anilines is 2. The summed E-state index contributed by atoms with van der Waals surface area (Å²) in [6.45, 7) is 0. The van der Waals surface area contributed by atoms with Gasteiger partial charge in [-0.05, 0) is 42.0 Å². The number of hydrogen-bond acceptors (Lipinski definition) is 4. The van der Waals surface area contributed by atoms with Crippen LogP contribution in [0.5, 0.6) is 5.75 Å². The van der Waals surface area contributed by atoms with Crippen LogP contribution in [0.2, 0.25) is 0 Å². The number of para-hydroxylation sites is 1. The van der Waals surface area contributed by atoms with Crippen molar-refractivity contribution in [2.24, 2.45) is 0 Å². The molecule has 1 aliphatic rings. The number of carbonyl (C=O) groups is 1. The molecule has 0 fully saturated rings. The second-order valence-electron chi connectivity index (χ2n) is 5.39. The van der Waals surface area contributed by atoms with E-state index in [4.69, 9.17) is 5.73 Å². The Morgan fingerprint density at radius 3 is 2.91 bits per heavy atom. The summed E-state index contributed by atoms with van der Waals surface area (Å²) in [4.78, 5) is 16.5. The Labute approximate surface area is 132 Å². The third-order valence-electron chi connectivity index (χ3n) is 3.91. The fourth-order valence-electron chi connectivity index (χ4n) is 2.81. The molecule has 0 aliphatic carbocycles. The monoisotopic (exact) mass is 303 g/mol. The molecule has 3 aromatic rings. The Balaban J connectivity index is 1.94. The van der Waals surface area contributed by atoms with E-state index in [-0.39, 0.29) is 11.7 Å². The molecule has 1 aromatic heterocycles. The highest BCUT2D eigenvalue weighted by Crippen LogP contribution is 2.35. The van der Waals surface area contributed by atoms with Crippen molar-refractivity contribution >= 4 is 39.8 Å². The number of benzene rings is 2. The molecule has 1 amide bonds. The SMILES string of the molecule is Nc1ccc2c(c1)C(=Cc1ccnc3c(O)cccc13)C(=O)N2. The van der Waals surface area contributed by atoms with E-state index in [1.165, 1.54) is 0 Å². The van der Waals surface area contributed by atoms with Gasteiger partial charge in [0.1, 0.15) is 11.3 Å². The molecule has 0 saturated heterocycles. The molecular weight excluding hydrogens is 290 g/mol. The molecule has 0 atom stereocenters. The molecule has 4 N–H and O–H groups in total. The standard InChI is InChI=1S/C18H13N3O2/c19-11-4-5-15-13(9-11)14(18(23)21-15)8-10-6-7-20-17-12(10)2-1-3-16(17)22/h1-9,22H,19H2,(H,21,23). The maximum Gasteiger partial charge on any atom is 0.256 e. The number of aromatic hydroxyl groups is 1. The predicted molar refractivity (Wildman–Crippen MR) is 90.8 cm³/mol. The first-order valence-electron chi connectivity index (χ1n) is 7.13. The van der Waals surface area contributed by atoms with Crippen molar-refractivity contribution in [3.05, 3.63) is 59.8 Å². The van der Waals surface area contributed by atoms with E-state index in [1.54, 1.807) is 42.6 Å². The molecular formula is C18H13N3O2. The molecule has 2 heterocycles. The van der Waals surface area contributed by atoms with Gasteiger partial charge in [-0.2, -0.15) is 0 Å². The number of fused-ring (bicyclic) bond motifs is 2. The number of hydrogen-bond donors (Lipinski definition) is 3. The van der Waals surface area contributed by atoms with Crippen molar-refractivity contribution in [2.45, 2.75) is 0 Å². The third kappa shape index (κ3) is 2.10. The van der Waals surface area contributed by atoms with Crippen LogP contribution in [-0.4, -0.2) is 16.0 Å². The zero-order valence-corrected chi connectivity index (χ0v) is 12.1. The normalized spacial score (nSPS) is 15.0. The van der Waals surface area contributed by atoms with Crippen molar-refractivity contribution in [1.82, 2.24) is 4.98 Å². The first kappa shape index (κ1) is 13.3. The molecule has 5 nitrogen and oxygen atoms in total. The topological polar surface area (TPSA) is 88.2 Å². The number of nitrogen functional groups attached to an aromatic ring is 1. The van der Waals surface area contributed by atoms with Crippen LogP contribution < -0.4 is 11.1 Å². The van der Waals surface area contributed by atoms with Crippen LogP contribution >= 0.6 is 0 Å². The number of rotatable bonds is 1. The molecule has 0 bridgehead atoms. The van der Waals surface area contributed by atoms with Gasteiger partial charge in [0, 0.05) is 34.1 Å². The third-order valence-corrected chi connectivity index (χ3v) is 3.91. The number of carbonyl (C=O) groups excluding carboxylic acids is 1. The van der Waals surface area contributed by atoms with Gasteiger partial charge in [0.2, 0.25) is 0 Å². The molecule has 5 heteroatoms. The summed E-state index contributed by atoms with van der Waals surface area (Å²) < 4.78 is 0. The average molecular weight is 303 g/mol. The lowest BCUT2D eigenvalue weighted by molar-refractivity contribution is -0.110. The zero-order chi connectivity index (χ0) is 16.0. The van der Waals surface area contributed by atoms with Gasteiger partial charge in [-0.25, -0.2) is 0 Å². The minimum absolute atomic E-state index is 0.114. The number of phenolic OH excluding ortho intramolecular Hbond substituents is 1. The molecule has 4 rings (SSSR count). The second kappa shape index (κ2) is 4.84. The maximum absolute atomic E-state index is 12.3. The highest BCUT2D eigenvalue weighted by atomic mass is 16.3. The van der Waals surface area contributed by atoms with Gasteiger partial charge in [-0.15, -0.1) is 0 Å². The first-order chi connectivity index (χ1) is 11.1. The summed E-state index contributed by atoms with van der Waals surface area (Å²) in [5.41, 5.74) is 9.82. The summed E-state index contributed by atoms with van der Waals surface area (Å²) in [6, 6.07) is 12.3. The fourth-order valence-corrected chi connectivity index (χ4v) is 2.81. The van der Waals surface area contributed by atoms with Gasteiger partial charge in [-0.3, -0.25) is 9.78 Å². The minimum Gasteiger partial charge on any atom is -0.506 e. The van der Waals surface area contributed by atoms with Crippen LogP contribution in [0.1, 0.15) is 11.1 Å². The summed E-state index contributed by atoms with van der Waals surface area (Å²) >= 11 is 0. The van der Waals surface area contributed by atoms with E-state index < -0.39 is 0 Å². The summed E-state index contributed by atoms with van der Waals surface area (Å²) in [5, 5.41) is 13.5. The molecule has 2 aromatic carbocycles. The van der Waals surface area contributed by atoms with Crippen LogP contribution in [0.25, 0.3) is 22.6 Å². The number of phenols is 1. The first-order valence-corrected chi connectivity index (χ1v) is 7.13. The highest BCUT2D eigenvalue weighted by Gasteiger charge is 2.24. The van der Waals surface area contributed by atoms with Crippen LogP contribution in [0.15, 0.2) is 48.7 Å². The van der Waals surface area contributed by atoms with Gasteiger partial charge in [0.25, 0.3) is 5.91 Å². The number of aromatic nitrogens is 1. The number of amides is 1. The Morgan fingerprint density at radius 2 is 2.04 bits per heavy atom. The van der Waals surface area contributed by atoms with E-state index in [0.29, 0.717) is 16.8 Å². The molecule has 112 valence electrons. The zero-order valence-electron chi connectivity index (χ0n) is 12.1. The Kier molecular flexibility index (Phi) is 2.81. The van der Waals surface area contributed by atoms with Crippen LogP contribution in [0.3, 0.4) is 0 Å². The van der Waals surface area contributed by atoms with Crippen molar-refractivity contribution in [3.8, 4) is 5.75 Å². The van der Waals surface area contributed by atoms with Gasteiger partial charge in [0.05, 0.1) is 0 Å². The molecule has 0 unspecified atom stereocenters. The van der Waals surface area contributed by atoms with Gasteiger partial charge in [-0.1, -0.05) is 12.1 Å². The molecule has 1 aliphatic heterocycles. The Morgan fingerprint density at radius 1 is 1.17 bits per heavy atom. The van der Waals surface area contributed by atoms with Gasteiger partial charge >= 0.3 is 0 Å². The lowest BCUT2D eigenvalue weighted by Gasteiger charge is -2.05. The number of pyridine rings is 1. The van der Waals surface area contributed by atoms with E-state index in [1.807, 2.05) is 12.1 Å². The van der Waals surface area contributed by atoms with E-state index in [0.717, 1.165) is 22.2 Å². The van der Waals surface area contributed by atoms with Gasteiger partial charge < -0.3 is 16.2 Å². The van der Waals surface area contributed by atoms with Crippen molar-refractivity contribution < 1.29 is 9.90 Å². The lowest BCUT2D eigenvalue weighted by Crippen LogP contribution is -2.03. The summed E-state index contributed by atoms with van der Waals surface area (Å²) in [6.07, 6.45) is 3.41. The van der Waals surface area contributed by atoms with E-state index >= 15 is 0 Å². The lowest BCUT2D eigenvalue weighted by atomic mass is 10.0. The molecule has 0 saturated carbocycles. The maximum atomic E-state index is 12.3. The quantitative estimate of drug-likeness (QED) is 0.476. The second-order valence-corrected chi connectivity index (χ2v) is 5.39. The predicted octanol–water partition coefficient (Wildman–Crippen LogP) is 3.02. The van der Waals surface area contributed by atoms with Crippen LogP contribution in [0.4, 0.5) is 11.4 Å². The number of nitrogens with zero attached hydrogens (tertiary/aromatic N) is 1.